The van der Waals surface area contributed by atoms with E-state index in [-0.39, 0.29) is 37.6 Å². The summed E-state index contributed by atoms with van der Waals surface area (Å²) in [5.74, 6) is -1.15. The van der Waals surface area contributed by atoms with Crippen LogP contribution in [0.25, 0.3) is 0 Å². The lowest BCUT2D eigenvalue weighted by Gasteiger charge is -2.22. The maximum atomic E-state index is 13.4. The standard InChI is InChI=1S/C36H37N5O7/c37-32(41-36(46)47-23-27-9-5-2-6-10-27)28-16-11-26(12-17-28)22-39-33(43)30(21-25-13-18-29(42)19-14-25)40-34(44)31(48-35(38)45)20-15-24-7-3-1-4-8-24/h1-14,16-19,30-31,42H,15,20-23H2,(H2,38,45)(H,39,43)(H,40,44)(H2,37,41,46). The number of nitrogens with two attached hydrogens (primary N) is 2. The van der Waals surface area contributed by atoms with Crippen LogP contribution in [-0.4, -0.2) is 47.1 Å². The van der Waals surface area contributed by atoms with E-state index in [2.05, 4.69) is 15.6 Å². The third-order valence-corrected chi connectivity index (χ3v) is 7.23. The number of nitrogens with zero attached hydrogens (tertiary/aromatic N) is 1. The van der Waals surface area contributed by atoms with Crippen molar-refractivity contribution < 1.29 is 33.8 Å². The summed E-state index contributed by atoms with van der Waals surface area (Å²) in [6.07, 6.45) is -2.49. The second-order valence-corrected chi connectivity index (χ2v) is 10.8. The Kier molecular flexibility index (Phi) is 12.7. The number of carbonyl (C=O) groups is 4. The molecule has 2 unspecified atom stereocenters. The average Bonchev–Trinajstić information content (AvgIpc) is 3.09. The summed E-state index contributed by atoms with van der Waals surface area (Å²) in [6.45, 7) is 0.169. The van der Waals surface area contributed by atoms with Gasteiger partial charge in [-0.3, -0.25) is 9.59 Å². The molecule has 0 saturated carbocycles. The van der Waals surface area contributed by atoms with Crippen molar-refractivity contribution in [2.45, 2.75) is 44.6 Å². The Labute approximate surface area is 277 Å². The normalized spacial score (nSPS) is 12.3. The first-order valence-corrected chi connectivity index (χ1v) is 15.2. The number of primary amides is 1. The first-order chi connectivity index (χ1) is 23.2. The van der Waals surface area contributed by atoms with Crippen LogP contribution >= 0.6 is 0 Å². The summed E-state index contributed by atoms with van der Waals surface area (Å²) >= 11 is 0. The van der Waals surface area contributed by atoms with E-state index < -0.39 is 36.1 Å². The minimum absolute atomic E-state index is 0.0275. The van der Waals surface area contributed by atoms with Crippen LogP contribution in [0.4, 0.5) is 9.59 Å². The Morgan fingerprint density at radius 1 is 0.729 bits per heavy atom. The molecule has 0 heterocycles. The molecule has 248 valence electrons. The minimum atomic E-state index is -1.23. The van der Waals surface area contributed by atoms with Gasteiger partial charge in [-0.2, -0.15) is 4.99 Å². The van der Waals surface area contributed by atoms with E-state index in [0.717, 1.165) is 11.1 Å². The number of rotatable bonds is 14. The SMILES string of the molecule is NC(=O)OC(CCc1ccccc1)C(=O)NC(Cc1ccc(O)cc1)C(=O)NCc1ccc(C(N)=NC(=O)OCc2ccccc2)cc1. The number of amides is 4. The highest BCUT2D eigenvalue weighted by molar-refractivity contribution is 6.02. The summed E-state index contributed by atoms with van der Waals surface area (Å²) < 4.78 is 10.3. The van der Waals surface area contributed by atoms with Crippen molar-refractivity contribution in [1.82, 2.24) is 10.6 Å². The van der Waals surface area contributed by atoms with Crippen LogP contribution in [0.5, 0.6) is 5.75 Å². The van der Waals surface area contributed by atoms with Gasteiger partial charge in [-0.1, -0.05) is 97.1 Å². The van der Waals surface area contributed by atoms with Gasteiger partial charge in [0.15, 0.2) is 6.10 Å². The van der Waals surface area contributed by atoms with Crippen molar-refractivity contribution >= 4 is 29.8 Å². The third-order valence-electron chi connectivity index (χ3n) is 7.23. The molecule has 0 aliphatic rings. The first-order valence-electron chi connectivity index (χ1n) is 15.2. The van der Waals surface area contributed by atoms with Gasteiger partial charge in [0.25, 0.3) is 5.91 Å². The molecule has 0 aliphatic carbocycles. The van der Waals surface area contributed by atoms with Crippen molar-refractivity contribution in [2.24, 2.45) is 16.5 Å². The maximum absolute atomic E-state index is 13.4. The van der Waals surface area contributed by atoms with Crippen molar-refractivity contribution in [3.63, 3.8) is 0 Å². The highest BCUT2D eigenvalue weighted by atomic mass is 16.6. The highest BCUT2D eigenvalue weighted by Gasteiger charge is 2.28. The van der Waals surface area contributed by atoms with Crippen molar-refractivity contribution in [1.29, 1.82) is 0 Å². The van der Waals surface area contributed by atoms with Crippen LogP contribution in [0.1, 0.15) is 34.2 Å². The molecule has 7 N–H and O–H groups in total. The summed E-state index contributed by atoms with van der Waals surface area (Å²) in [5, 5.41) is 15.2. The fraction of sp³-hybridized carbons (Fsp3) is 0.194. The summed E-state index contributed by atoms with van der Waals surface area (Å²) in [4.78, 5) is 54.2. The second-order valence-electron chi connectivity index (χ2n) is 10.8. The van der Waals surface area contributed by atoms with Crippen molar-refractivity contribution in [3.05, 3.63) is 137 Å². The molecule has 4 aromatic rings. The number of hydrogen-bond donors (Lipinski definition) is 5. The zero-order valence-electron chi connectivity index (χ0n) is 26.1. The molecule has 4 amide bonds. The lowest BCUT2D eigenvalue weighted by Crippen LogP contribution is -2.51. The number of carbonyl (C=O) groups excluding carboxylic acids is 4. The Morgan fingerprint density at radius 2 is 1.33 bits per heavy atom. The molecule has 0 saturated heterocycles. The van der Waals surface area contributed by atoms with Gasteiger partial charge in [-0.05, 0) is 47.2 Å². The van der Waals surface area contributed by atoms with Gasteiger partial charge in [0.1, 0.15) is 24.2 Å². The van der Waals surface area contributed by atoms with Gasteiger partial charge < -0.3 is 36.7 Å². The summed E-state index contributed by atoms with van der Waals surface area (Å²) in [6, 6.07) is 30.4. The number of phenols is 1. The molecule has 4 rings (SSSR count). The van der Waals surface area contributed by atoms with E-state index in [1.807, 2.05) is 60.7 Å². The number of nitrogens with one attached hydrogen (secondary N) is 2. The fourth-order valence-electron chi connectivity index (χ4n) is 4.69. The van der Waals surface area contributed by atoms with Gasteiger partial charge in [-0.25, -0.2) is 9.59 Å². The molecule has 0 bridgehead atoms. The first kappa shape index (κ1) is 34.7. The van der Waals surface area contributed by atoms with Gasteiger partial charge in [0.2, 0.25) is 5.91 Å². The molecule has 2 atom stereocenters. The van der Waals surface area contributed by atoms with E-state index in [1.165, 1.54) is 12.1 Å². The zero-order chi connectivity index (χ0) is 34.3. The zero-order valence-corrected chi connectivity index (χ0v) is 26.1. The summed E-state index contributed by atoms with van der Waals surface area (Å²) in [7, 11) is 0. The molecule has 0 aliphatic heterocycles. The fourth-order valence-corrected chi connectivity index (χ4v) is 4.69. The Morgan fingerprint density at radius 3 is 1.96 bits per heavy atom. The number of benzene rings is 4. The van der Waals surface area contributed by atoms with Crippen molar-refractivity contribution in [2.75, 3.05) is 0 Å². The van der Waals surface area contributed by atoms with E-state index >= 15 is 0 Å². The molecule has 4 aromatic carbocycles. The Bertz CT molecular complexity index is 1700. The lowest BCUT2D eigenvalue weighted by atomic mass is 10.0. The minimum Gasteiger partial charge on any atom is -0.508 e. The molecule has 0 spiro atoms. The Hall–Kier alpha value is -6.17. The van der Waals surface area contributed by atoms with Gasteiger partial charge in [-0.15, -0.1) is 0 Å². The molecular weight excluding hydrogens is 614 g/mol. The van der Waals surface area contributed by atoms with Crippen LogP contribution in [0.15, 0.2) is 114 Å². The van der Waals surface area contributed by atoms with E-state index in [4.69, 9.17) is 20.9 Å². The molecule has 0 fully saturated rings. The average molecular weight is 652 g/mol. The van der Waals surface area contributed by atoms with Gasteiger partial charge in [0, 0.05) is 18.5 Å². The largest absolute Gasteiger partial charge is 0.508 e. The smallest absolute Gasteiger partial charge is 0.435 e. The molecule has 0 aromatic heterocycles. The molecular formula is C36H37N5O7. The highest BCUT2D eigenvalue weighted by Crippen LogP contribution is 2.14. The number of amidine groups is 1. The number of aliphatic imine (C=N–C) groups is 1. The van der Waals surface area contributed by atoms with Crippen LogP contribution in [0.3, 0.4) is 0 Å². The van der Waals surface area contributed by atoms with Crippen LogP contribution < -0.4 is 22.1 Å². The number of hydrogen-bond acceptors (Lipinski definition) is 7. The lowest BCUT2D eigenvalue weighted by molar-refractivity contribution is -0.134. The topological polar surface area (TPSA) is 195 Å². The summed E-state index contributed by atoms with van der Waals surface area (Å²) in [5.41, 5.74) is 14.9. The van der Waals surface area contributed by atoms with Crippen molar-refractivity contribution in [3.8, 4) is 5.75 Å². The van der Waals surface area contributed by atoms with Gasteiger partial charge >= 0.3 is 12.2 Å². The quantitative estimate of drug-likeness (QED) is 0.100. The Balaban J connectivity index is 1.38. The molecule has 0 radical (unpaired) electrons. The van der Waals surface area contributed by atoms with Crippen LogP contribution in [0, 0.1) is 0 Å². The predicted molar refractivity (Wildman–Crippen MR) is 179 cm³/mol. The van der Waals surface area contributed by atoms with E-state index in [1.54, 1.807) is 36.4 Å². The molecule has 12 heteroatoms. The monoisotopic (exact) mass is 651 g/mol. The van der Waals surface area contributed by atoms with E-state index in [0.29, 0.717) is 23.1 Å². The molecule has 12 nitrogen and oxygen atoms in total. The third kappa shape index (κ3) is 11.3. The predicted octanol–water partition coefficient (Wildman–Crippen LogP) is 3.87. The number of aryl methyl sites for hydroxylation is 1. The van der Waals surface area contributed by atoms with Crippen LogP contribution in [0.2, 0.25) is 0 Å². The number of aromatic hydroxyl groups is 1. The number of ether oxygens (including phenoxy) is 2. The maximum Gasteiger partial charge on any atom is 0.435 e. The second kappa shape index (κ2) is 17.5. The van der Waals surface area contributed by atoms with E-state index in [9.17, 15) is 24.3 Å². The van der Waals surface area contributed by atoms with Crippen LogP contribution in [-0.2, 0) is 45.1 Å². The number of phenolic OH excluding ortho intramolecular Hbond substituents is 1. The molecule has 48 heavy (non-hydrogen) atoms. The van der Waals surface area contributed by atoms with Gasteiger partial charge in [0.05, 0.1) is 0 Å².